The Morgan fingerprint density at radius 1 is 1.35 bits per heavy atom. The molecular formula is C15H24N2O2S. The first-order chi connectivity index (χ1) is 9.63. The van der Waals surface area contributed by atoms with E-state index >= 15 is 0 Å². The first-order valence-corrected chi connectivity index (χ1v) is 8.07. The van der Waals surface area contributed by atoms with Gasteiger partial charge in [-0.25, -0.2) is 0 Å². The molecule has 1 amide bonds. The van der Waals surface area contributed by atoms with E-state index in [0.717, 1.165) is 32.4 Å². The Balaban J connectivity index is 1.94. The fourth-order valence-electron chi connectivity index (χ4n) is 2.55. The van der Waals surface area contributed by atoms with Crippen LogP contribution < -0.4 is 5.32 Å². The van der Waals surface area contributed by atoms with Crippen LogP contribution in [0.2, 0.25) is 0 Å². The van der Waals surface area contributed by atoms with Crippen molar-refractivity contribution >= 4 is 17.2 Å². The average molecular weight is 296 g/mol. The Hall–Kier alpha value is -0.910. The number of amides is 1. The Labute approximate surface area is 125 Å². The topological polar surface area (TPSA) is 41.6 Å². The molecule has 1 aliphatic rings. The lowest BCUT2D eigenvalue weighted by atomic mass is 10.2. The molecule has 1 fully saturated rings. The van der Waals surface area contributed by atoms with Crippen LogP contribution in [-0.4, -0.2) is 37.1 Å². The number of carbonyl (C=O) groups excluding carboxylic acids is 1. The summed E-state index contributed by atoms with van der Waals surface area (Å²) in [5.41, 5.74) is 0. The number of carbonyl (C=O) groups is 1. The fraction of sp³-hybridized carbons (Fsp3) is 0.667. The molecule has 1 aliphatic heterocycles. The minimum Gasteiger partial charge on any atom is -0.385 e. The molecule has 112 valence electrons. The molecule has 20 heavy (non-hydrogen) atoms. The van der Waals surface area contributed by atoms with E-state index in [1.54, 1.807) is 18.4 Å². The molecule has 2 unspecified atom stereocenters. The maximum absolute atomic E-state index is 12.3. The van der Waals surface area contributed by atoms with Gasteiger partial charge in [-0.05, 0) is 45.2 Å². The number of hydrogen-bond donors (Lipinski definition) is 1. The van der Waals surface area contributed by atoms with Crippen molar-refractivity contribution in [1.29, 1.82) is 0 Å². The summed E-state index contributed by atoms with van der Waals surface area (Å²) >= 11 is 1.76. The lowest BCUT2D eigenvalue weighted by Crippen LogP contribution is -2.31. The van der Waals surface area contributed by atoms with Gasteiger partial charge in [0.25, 0.3) is 0 Å². The number of nitrogens with zero attached hydrogens (tertiary/aromatic N) is 1. The van der Waals surface area contributed by atoms with Gasteiger partial charge in [-0.1, -0.05) is 0 Å². The number of ether oxygens (including phenoxy) is 1. The third-order valence-corrected chi connectivity index (χ3v) is 4.70. The van der Waals surface area contributed by atoms with Crippen molar-refractivity contribution in [3.63, 3.8) is 0 Å². The zero-order valence-corrected chi connectivity index (χ0v) is 13.3. The van der Waals surface area contributed by atoms with Gasteiger partial charge in [0.15, 0.2) is 0 Å². The Kier molecular flexibility index (Phi) is 5.57. The standard InChI is InChI=1S/C15H24N2O2S/c1-11-7-8-13(20-11)14-16-12(2)15(18)17(14)9-5-4-6-10-19-3/h7-8,12,14,16H,4-6,9-10H2,1-3H3. The van der Waals surface area contributed by atoms with E-state index in [1.165, 1.54) is 9.75 Å². The molecule has 1 aromatic rings. The molecule has 0 aromatic carbocycles. The van der Waals surface area contributed by atoms with Crippen molar-refractivity contribution in [2.75, 3.05) is 20.3 Å². The lowest BCUT2D eigenvalue weighted by Gasteiger charge is -2.23. The van der Waals surface area contributed by atoms with Gasteiger partial charge in [0, 0.05) is 30.0 Å². The van der Waals surface area contributed by atoms with Crippen molar-refractivity contribution < 1.29 is 9.53 Å². The highest BCUT2D eigenvalue weighted by Crippen LogP contribution is 2.30. The molecule has 0 bridgehead atoms. The quantitative estimate of drug-likeness (QED) is 0.787. The van der Waals surface area contributed by atoms with Crippen LogP contribution in [0.15, 0.2) is 12.1 Å². The van der Waals surface area contributed by atoms with Gasteiger partial charge in [0.1, 0.15) is 6.17 Å². The van der Waals surface area contributed by atoms with Crippen molar-refractivity contribution in [2.45, 2.75) is 45.3 Å². The van der Waals surface area contributed by atoms with Crippen molar-refractivity contribution in [2.24, 2.45) is 0 Å². The van der Waals surface area contributed by atoms with Crippen LogP contribution in [0.25, 0.3) is 0 Å². The minimum atomic E-state index is -0.0821. The molecule has 5 heteroatoms. The summed E-state index contributed by atoms with van der Waals surface area (Å²) < 4.78 is 5.05. The van der Waals surface area contributed by atoms with Crippen LogP contribution in [0.1, 0.15) is 42.1 Å². The fourth-order valence-corrected chi connectivity index (χ4v) is 3.51. The highest BCUT2D eigenvalue weighted by molar-refractivity contribution is 7.12. The largest absolute Gasteiger partial charge is 0.385 e. The van der Waals surface area contributed by atoms with Crippen molar-refractivity contribution in [3.8, 4) is 0 Å². The highest BCUT2D eigenvalue weighted by atomic mass is 32.1. The minimum absolute atomic E-state index is 0.0543. The number of rotatable bonds is 7. The summed E-state index contributed by atoms with van der Waals surface area (Å²) in [4.78, 5) is 16.8. The summed E-state index contributed by atoms with van der Waals surface area (Å²) in [7, 11) is 1.73. The lowest BCUT2D eigenvalue weighted by molar-refractivity contribution is -0.129. The zero-order chi connectivity index (χ0) is 14.5. The molecule has 0 aliphatic carbocycles. The van der Waals surface area contributed by atoms with E-state index in [9.17, 15) is 4.79 Å². The van der Waals surface area contributed by atoms with Crippen LogP contribution in [0, 0.1) is 6.92 Å². The predicted octanol–water partition coefficient (Wildman–Crippen LogP) is 2.69. The molecule has 2 rings (SSSR count). The number of aryl methyl sites for hydroxylation is 1. The Bertz CT molecular complexity index is 447. The van der Waals surface area contributed by atoms with E-state index in [2.05, 4.69) is 24.4 Å². The number of methoxy groups -OCH3 is 1. The molecule has 0 spiro atoms. The number of unbranched alkanes of at least 4 members (excludes halogenated alkanes) is 2. The smallest absolute Gasteiger partial charge is 0.241 e. The van der Waals surface area contributed by atoms with Crippen LogP contribution in [-0.2, 0) is 9.53 Å². The van der Waals surface area contributed by atoms with Gasteiger partial charge in [-0.3, -0.25) is 10.1 Å². The molecular weight excluding hydrogens is 272 g/mol. The van der Waals surface area contributed by atoms with Crippen LogP contribution in [0.4, 0.5) is 0 Å². The second-order valence-corrected chi connectivity index (χ2v) is 6.64. The predicted molar refractivity (Wildman–Crippen MR) is 81.8 cm³/mol. The van der Waals surface area contributed by atoms with Crippen molar-refractivity contribution in [3.05, 3.63) is 21.9 Å². The average Bonchev–Trinajstić information content (AvgIpc) is 2.96. The summed E-state index contributed by atoms with van der Waals surface area (Å²) in [5.74, 6) is 0.216. The third-order valence-electron chi connectivity index (χ3n) is 3.65. The van der Waals surface area contributed by atoms with Gasteiger partial charge >= 0.3 is 0 Å². The first kappa shape index (κ1) is 15.5. The van der Waals surface area contributed by atoms with Crippen LogP contribution >= 0.6 is 11.3 Å². The molecule has 1 aromatic heterocycles. The van der Waals surface area contributed by atoms with Gasteiger partial charge in [0.05, 0.1) is 6.04 Å². The van der Waals surface area contributed by atoms with E-state index in [0.29, 0.717) is 0 Å². The molecule has 0 saturated carbocycles. The molecule has 0 radical (unpaired) electrons. The summed E-state index contributed by atoms with van der Waals surface area (Å²) in [5, 5.41) is 3.40. The Morgan fingerprint density at radius 2 is 2.15 bits per heavy atom. The second kappa shape index (κ2) is 7.20. The first-order valence-electron chi connectivity index (χ1n) is 7.25. The Morgan fingerprint density at radius 3 is 2.80 bits per heavy atom. The maximum Gasteiger partial charge on any atom is 0.241 e. The van der Waals surface area contributed by atoms with Gasteiger partial charge < -0.3 is 9.64 Å². The molecule has 4 nitrogen and oxygen atoms in total. The van der Waals surface area contributed by atoms with E-state index in [4.69, 9.17) is 4.74 Å². The highest BCUT2D eigenvalue weighted by Gasteiger charge is 2.37. The summed E-state index contributed by atoms with van der Waals surface area (Å²) in [6, 6.07) is 4.16. The second-order valence-electron chi connectivity index (χ2n) is 5.32. The van der Waals surface area contributed by atoms with Crippen LogP contribution in [0.5, 0.6) is 0 Å². The SMILES string of the molecule is COCCCCCN1C(=O)C(C)NC1c1ccc(C)s1. The van der Waals surface area contributed by atoms with Crippen molar-refractivity contribution in [1.82, 2.24) is 10.2 Å². The third kappa shape index (κ3) is 3.59. The van der Waals surface area contributed by atoms with E-state index in [-0.39, 0.29) is 18.1 Å². The zero-order valence-electron chi connectivity index (χ0n) is 12.5. The van der Waals surface area contributed by atoms with Gasteiger partial charge in [-0.2, -0.15) is 0 Å². The molecule has 2 atom stereocenters. The van der Waals surface area contributed by atoms with E-state index < -0.39 is 0 Å². The monoisotopic (exact) mass is 296 g/mol. The number of nitrogens with one attached hydrogen (secondary N) is 1. The molecule has 2 heterocycles. The van der Waals surface area contributed by atoms with Crippen LogP contribution in [0.3, 0.4) is 0 Å². The van der Waals surface area contributed by atoms with Gasteiger partial charge in [0.2, 0.25) is 5.91 Å². The molecule has 1 saturated heterocycles. The number of hydrogen-bond acceptors (Lipinski definition) is 4. The normalized spacial score (nSPS) is 22.8. The maximum atomic E-state index is 12.3. The summed E-state index contributed by atoms with van der Waals surface area (Å²) in [6.45, 7) is 5.67. The van der Waals surface area contributed by atoms with Gasteiger partial charge in [-0.15, -0.1) is 11.3 Å². The van der Waals surface area contributed by atoms with E-state index in [1.807, 2.05) is 11.8 Å². The number of thiophene rings is 1. The summed E-state index contributed by atoms with van der Waals surface area (Å²) in [6.07, 6.45) is 3.25. The molecule has 1 N–H and O–H groups in total.